The van der Waals surface area contributed by atoms with Gasteiger partial charge >= 0.3 is 0 Å². The normalized spacial score (nSPS) is 17.2. The van der Waals surface area contributed by atoms with Crippen LogP contribution in [0.3, 0.4) is 0 Å². The van der Waals surface area contributed by atoms with Crippen molar-refractivity contribution in [3.05, 3.63) is 0 Å². The zero-order valence-corrected chi connectivity index (χ0v) is 11.7. The molecule has 15 heavy (non-hydrogen) atoms. The highest BCUT2D eigenvalue weighted by Crippen LogP contribution is 2.34. The summed E-state index contributed by atoms with van der Waals surface area (Å²) in [5, 5.41) is 10.2. The predicted octanol–water partition coefficient (Wildman–Crippen LogP) is 4.10. The van der Waals surface area contributed by atoms with Crippen molar-refractivity contribution >= 4 is 0 Å². The second-order valence-electron chi connectivity index (χ2n) is 6.52. The molecule has 1 heteroatoms. The first-order valence-electron chi connectivity index (χ1n) is 6.35. The maximum absolute atomic E-state index is 10.2. The molecule has 0 aromatic rings. The van der Waals surface area contributed by atoms with Crippen molar-refractivity contribution in [2.24, 2.45) is 23.2 Å². The topological polar surface area (TPSA) is 20.2 Å². The Morgan fingerprint density at radius 1 is 1.00 bits per heavy atom. The summed E-state index contributed by atoms with van der Waals surface area (Å²) >= 11 is 0. The van der Waals surface area contributed by atoms with Gasteiger partial charge in [-0.3, -0.25) is 0 Å². The van der Waals surface area contributed by atoms with Crippen LogP contribution in [0.2, 0.25) is 0 Å². The maximum atomic E-state index is 10.2. The minimum absolute atomic E-state index is 0.148. The zero-order chi connectivity index (χ0) is 12.2. The van der Waals surface area contributed by atoms with Crippen molar-refractivity contribution in [2.45, 2.75) is 67.4 Å². The highest BCUT2D eigenvalue weighted by Gasteiger charge is 2.28. The Balaban J connectivity index is 4.17. The summed E-state index contributed by atoms with van der Waals surface area (Å²) < 4.78 is 0. The summed E-state index contributed by atoms with van der Waals surface area (Å²) in [5.74, 6) is 1.72. The van der Waals surface area contributed by atoms with Crippen LogP contribution in [0.1, 0.15) is 61.3 Å². The SMILES string of the molecule is CC(C)CC(C)C(O)CC(C)(C)C(C)C. The summed E-state index contributed by atoms with van der Waals surface area (Å²) in [4.78, 5) is 0. The van der Waals surface area contributed by atoms with E-state index in [0.717, 1.165) is 12.8 Å². The van der Waals surface area contributed by atoms with Gasteiger partial charge in [-0.05, 0) is 36.0 Å². The fourth-order valence-electron chi connectivity index (χ4n) is 1.88. The molecule has 0 bridgehead atoms. The quantitative estimate of drug-likeness (QED) is 0.705. The molecule has 0 saturated carbocycles. The average Bonchev–Trinajstić information content (AvgIpc) is 2.01. The van der Waals surface area contributed by atoms with E-state index in [4.69, 9.17) is 0 Å². The van der Waals surface area contributed by atoms with E-state index in [1.807, 2.05) is 0 Å². The molecule has 0 aromatic carbocycles. The number of aliphatic hydroxyl groups excluding tert-OH is 1. The van der Waals surface area contributed by atoms with E-state index in [-0.39, 0.29) is 11.5 Å². The van der Waals surface area contributed by atoms with Crippen LogP contribution in [-0.2, 0) is 0 Å². The van der Waals surface area contributed by atoms with E-state index >= 15 is 0 Å². The Bertz CT molecular complexity index is 170. The summed E-state index contributed by atoms with van der Waals surface area (Å²) in [5.41, 5.74) is 0.241. The fourth-order valence-corrected chi connectivity index (χ4v) is 1.88. The van der Waals surface area contributed by atoms with Gasteiger partial charge in [0, 0.05) is 0 Å². The second-order valence-corrected chi connectivity index (χ2v) is 6.52. The molecule has 0 amide bonds. The van der Waals surface area contributed by atoms with Crippen LogP contribution in [0.5, 0.6) is 0 Å². The monoisotopic (exact) mass is 214 g/mol. The van der Waals surface area contributed by atoms with E-state index in [0.29, 0.717) is 17.8 Å². The van der Waals surface area contributed by atoms with Crippen LogP contribution in [0.4, 0.5) is 0 Å². The maximum Gasteiger partial charge on any atom is 0.0571 e. The van der Waals surface area contributed by atoms with E-state index in [2.05, 4.69) is 48.5 Å². The third-order valence-electron chi connectivity index (χ3n) is 3.80. The smallest absolute Gasteiger partial charge is 0.0571 e. The van der Waals surface area contributed by atoms with Gasteiger partial charge in [0.15, 0.2) is 0 Å². The van der Waals surface area contributed by atoms with E-state index in [1.165, 1.54) is 0 Å². The van der Waals surface area contributed by atoms with Gasteiger partial charge in [-0.2, -0.15) is 0 Å². The van der Waals surface area contributed by atoms with Crippen LogP contribution >= 0.6 is 0 Å². The molecule has 92 valence electrons. The largest absolute Gasteiger partial charge is 0.393 e. The zero-order valence-electron chi connectivity index (χ0n) is 11.7. The first-order valence-corrected chi connectivity index (χ1v) is 6.35. The van der Waals surface area contributed by atoms with E-state index in [1.54, 1.807) is 0 Å². The van der Waals surface area contributed by atoms with Crippen LogP contribution in [-0.4, -0.2) is 11.2 Å². The van der Waals surface area contributed by atoms with Crippen LogP contribution in [0.25, 0.3) is 0 Å². The molecule has 0 saturated heterocycles. The average molecular weight is 214 g/mol. The second kappa shape index (κ2) is 5.89. The van der Waals surface area contributed by atoms with Crippen molar-refractivity contribution in [1.29, 1.82) is 0 Å². The Kier molecular flexibility index (Phi) is 5.87. The van der Waals surface area contributed by atoms with Gasteiger partial charge < -0.3 is 5.11 Å². The highest BCUT2D eigenvalue weighted by atomic mass is 16.3. The molecule has 0 aromatic heterocycles. The fraction of sp³-hybridized carbons (Fsp3) is 1.00. The van der Waals surface area contributed by atoms with Gasteiger partial charge in [-0.1, -0.05) is 48.5 Å². The molecule has 1 nitrogen and oxygen atoms in total. The summed E-state index contributed by atoms with van der Waals surface area (Å²) in [7, 11) is 0. The molecule has 1 N–H and O–H groups in total. The molecule has 0 heterocycles. The molecule has 0 radical (unpaired) electrons. The molecule has 0 aliphatic heterocycles. The lowest BCUT2D eigenvalue weighted by Gasteiger charge is -2.34. The van der Waals surface area contributed by atoms with E-state index < -0.39 is 0 Å². The van der Waals surface area contributed by atoms with Crippen molar-refractivity contribution in [3.8, 4) is 0 Å². The molecule has 0 rings (SSSR count). The Hall–Kier alpha value is -0.0400. The Morgan fingerprint density at radius 3 is 1.80 bits per heavy atom. The number of aliphatic hydroxyl groups is 1. The van der Waals surface area contributed by atoms with Gasteiger partial charge in [-0.15, -0.1) is 0 Å². The van der Waals surface area contributed by atoms with Gasteiger partial charge in [0.25, 0.3) is 0 Å². The molecular formula is C14H30O. The van der Waals surface area contributed by atoms with Crippen molar-refractivity contribution in [2.75, 3.05) is 0 Å². The van der Waals surface area contributed by atoms with Crippen LogP contribution < -0.4 is 0 Å². The van der Waals surface area contributed by atoms with Gasteiger partial charge in [-0.25, -0.2) is 0 Å². The predicted molar refractivity (Wildman–Crippen MR) is 67.9 cm³/mol. The summed E-state index contributed by atoms with van der Waals surface area (Å²) in [6, 6.07) is 0. The summed E-state index contributed by atoms with van der Waals surface area (Å²) in [6.07, 6.45) is 1.89. The van der Waals surface area contributed by atoms with Crippen LogP contribution in [0, 0.1) is 23.2 Å². The highest BCUT2D eigenvalue weighted by molar-refractivity contribution is 4.78. The van der Waals surface area contributed by atoms with Gasteiger partial charge in [0.05, 0.1) is 6.10 Å². The lowest BCUT2D eigenvalue weighted by molar-refractivity contribution is 0.0434. The van der Waals surface area contributed by atoms with Crippen LogP contribution in [0.15, 0.2) is 0 Å². The lowest BCUT2D eigenvalue weighted by atomic mass is 9.74. The summed E-state index contributed by atoms with van der Waals surface area (Å²) in [6.45, 7) is 15.6. The third-order valence-corrected chi connectivity index (χ3v) is 3.80. The number of hydrogen-bond acceptors (Lipinski definition) is 1. The van der Waals surface area contributed by atoms with Crippen molar-refractivity contribution < 1.29 is 5.11 Å². The number of hydrogen-bond donors (Lipinski definition) is 1. The van der Waals surface area contributed by atoms with Crippen molar-refractivity contribution in [1.82, 2.24) is 0 Å². The van der Waals surface area contributed by atoms with Crippen molar-refractivity contribution in [3.63, 3.8) is 0 Å². The minimum Gasteiger partial charge on any atom is -0.393 e. The first kappa shape index (κ1) is 15.0. The van der Waals surface area contributed by atoms with E-state index in [9.17, 15) is 5.11 Å². The van der Waals surface area contributed by atoms with Gasteiger partial charge in [0.2, 0.25) is 0 Å². The molecule has 0 spiro atoms. The molecule has 2 atom stereocenters. The number of rotatable bonds is 6. The van der Waals surface area contributed by atoms with Gasteiger partial charge in [0.1, 0.15) is 0 Å². The Labute approximate surface area is 96.3 Å². The Morgan fingerprint density at radius 2 is 1.47 bits per heavy atom. The minimum atomic E-state index is -0.148. The molecular weight excluding hydrogens is 184 g/mol. The molecule has 0 aliphatic carbocycles. The molecule has 0 fully saturated rings. The third kappa shape index (κ3) is 5.55. The first-order chi connectivity index (χ1) is 6.66. The molecule has 2 unspecified atom stereocenters. The lowest BCUT2D eigenvalue weighted by Crippen LogP contribution is -2.30. The molecule has 0 aliphatic rings. The standard InChI is InChI=1S/C14H30O/c1-10(2)8-12(5)13(15)9-14(6,7)11(3)4/h10-13,15H,8-9H2,1-7H3.